The largest absolute Gasteiger partial charge is 1.00 e. The zero-order valence-electron chi connectivity index (χ0n) is 10.9. The SMILES string of the molecule is CN(CC1CCCOC1)C(=O)n1cc[n+](C)c1.[I-]. The lowest BCUT2D eigenvalue weighted by molar-refractivity contribution is -0.670. The minimum absolute atomic E-state index is 0. The van der Waals surface area contributed by atoms with E-state index in [0.717, 1.165) is 32.6 Å². The fourth-order valence-corrected chi connectivity index (χ4v) is 2.18. The predicted octanol–water partition coefficient (Wildman–Crippen LogP) is -2.36. The topological polar surface area (TPSA) is 38.4 Å². The van der Waals surface area contributed by atoms with Gasteiger partial charge in [-0.2, -0.15) is 4.57 Å². The molecule has 1 saturated heterocycles. The number of nitrogens with zero attached hydrogens (tertiary/aromatic N) is 3. The highest BCUT2D eigenvalue weighted by Gasteiger charge is 2.22. The highest BCUT2D eigenvalue weighted by atomic mass is 127. The number of ether oxygens (including phenoxy) is 1. The third-order valence-electron chi connectivity index (χ3n) is 3.10. The molecule has 2 heterocycles. The summed E-state index contributed by atoms with van der Waals surface area (Å²) in [7, 11) is 3.75. The van der Waals surface area contributed by atoms with Gasteiger partial charge in [0, 0.05) is 26.1 Å². The van der Waals surface area contributed by atoms with Gasteiger partial charge in [-0.15, -0.1) is 0 Å². The molecule has 1 aliphatic heterocycles. The molecule has 1 fully saturated rings. The first kappa shape index (κ1) is 15.4. The summed E-state index contributed by atoms with van der Waals surface area (Å²) >= 11 is 0. The number of hydrogen-bond donors (Lipinski definition) is 0. The second-order valence-corrected chi connectivity index (χ2v) is 4.73. The van der Waals surface area contributed by atoms with Crippen molar-refractivity contribution in [2.24, 2.45) is 13.0 Å². The van der Waals surface area contributed by atoms with E-state index in [1.54, 1.807) is 22.0 Å². The van der Waals surface area contributed by atoms with E-state index in [0.29, 0.717) is 5.92 Å². The Hall–Kier alpha value is -0.630. The van der Waals surface area contributed by atoms with E-state index in [9.17, 15) is 4.79 Å². The van der Waals surface area contributed by atoms with Crippen LogP contribution in [0.2, 0.25) is 0 Å². The zero-order chi connectivity index (χ0) is 12.3. The lowest BCUT2D eigenvalue weighted by Crippen LogP contribution is -3.00. The van der Waals surface area contributed by atoms with Gasteiger partial charge in [0.15, 0.2) is 0 Å². The van der Waals surface area contributed by atoms with E-state index in [4.69, 9.17) is 4.74 Å². The number of halogens is 1. The Kier molecular flexibility index (Phi) is 6.07. The molecule has 1 aromatic rings. The molecule has 2 rings (SSSR count). The van der Waals surface area contributed by atoms with Crippen molar-refractivity contribution in [1.82, 2.24) is 9.47 Å². The van der Waals surface area contributed by atoms with E-state index in [1.807, 2.05) is 24.9 Å². The molecule has 0 radical (unpaired) electrons. The van der Waals surface area contributed by atoms with Crippen molar-refractivity contribution in [3.8, 4) is 0 Å². The van der Waals surface area contributed by atoms with Gasteiger partial charge in [0.2, 0.25) is 0 Å². The Labute approximate surface area is 125 Å². The van der Waals surface area contributed by atoms with E-state index >= 15 is 0 Å². The van der Waals surface area contributed by atoms with E-state index in [-0.39, 0.29) is 30.0 Å². The fourth-order valence-electron chi connectivity index (χ4n) is 2.18. The molecule has 6 heteroatoms. The van der Waals surface area contributed by atoms with Crippen LogP contribution in [0.4, 0.5) is 4.79 Å². The summed E-state index contributed by atoms with van der Waals surface area (Å²) < 4.78 is 8.88. The second kappa shape index (κ2) is 7.08. The molecular weight excluding hydrogens is 345 g/mol. The average Bonchev–Trinajstić information content (AvgIpc) is 2.76. The number of hydrogen-bond acceptors (Lipinski definition) is 2. The number of carbonyl (C=O) groups is 1. The number of aryl methyl sites for hydroxylation is 1. The van der Waals surface area contributed by atoms with E-state index in [2.05, 4.69) is 0 Å². The Morgan fingerprint density at radius 2 is 2.39 bits per heavy atom. The van der Waals surface area contributed by atoms with Gasteiger partial charge in [0.25, 0.3) is 6.33 Å². The van der Waals surface area contributed by atoms with Gasteiger partial charge >= 0.3 is 6.03 Å². The number of aromatic nitrogens is 2. The summed E-state index contributed by atoms with van der Waals surface area (Å²) in [6.07, 6.45) is 7.66. The van der Waals surface area contributed by atoms with Gasteiger partial charge in [-0.25, -0.2) is 9.36 Å². The van der Waals surface area contributed by atoms with Crippen LogP contribution in [0.15, 0.2) is 18.7 Å². The molecule has 0 aliphatic carbocycles. The van der Waals surface area contributed by atoms with Crippen molar-refractivity contribution in [2.75, 3.05) is 26.8 Å². The number of amides is 1. The highest BCUT2D eigenvalue weighted by Crippen LogP contribution is 2.14. The summed E-state index contributed by atoms with van der Waals surface area (Å²) in [5.41, 5.74) is 0. The molecule has 0 saturated carbocycles. The molecule has 1 amide bonds. The monoisotopic (exact) mass is 365 g/mol. The lowest BCUT2D eigenvalue weighted by atomic mass is 10.0. The van der Waals surface area contributed by atoms with Crippen LogP contribution >= 0.6 is 0 Å². The van der Waals surface area contributed by atoms with Crippen LogP contribution in [-0.4, -0.2) is 42.3 Å². The summed E-state index contributed by atoms with van der Waals surface area (Å²) in [6, 6.07) is 0.0103. The highest BCUT2D eigenvalue weighted by molar-refractivity contribution is 5.76. The van der Waals surface area contributed by atoms with E-state index < -0.39 is 0 Å². The minimum atomic E-state index is 0. The molecule has 102 valence electrons. The van der Waals surface area contributed by atoms with Crippen molar-refractivity contribution < 1.29 is 38.1 Å². The summed E-state index contributed by atoms with van der Waals surface area (Å²) in [5, 5.41) is 0. The predicted molar refractivity (Wildman–Crippen MR) is 62.6 cm³/mol. The molecule has 1 atom stereocenters. The molecule has 1 aliphatic rings. The molecule has 5 nitrogen and oxygen atoms in total. The average molecular weight is 365 g/mol. The number of rotatable bonds is 2. The molecule has 0 spiro atoms. The van der Waals surface area contributed by atoms with Crippen LogP contribution in [0.3, 0.4) is 0 Å². The van der Waals surface area contributed by atoms with Crippen LogP contribution < -0.4 is 28.5 Å². The number of imidazole rings is 1. The first-order chi connectivity index (χ1) is 8.16. The quantitative estimate of drug-likeness (QED) is 0.435. The van der Waals surface area contributed by atoms with Crippen LogP contribution in [-0.2, 0) is 11.8 Å². The molecule has 0 N–H and O–H groups in total. The van der Waals surface area contributed by atoms with Gasteiger partial charge in [0.05, 0.1) is 13.7 Å². The maximum absolute atomic E-state index is 12.1. The van der Waals surface area contributed by atoms with Crippen molar-refractivity contribution >= 4 is 6.03 Å². The fraction of sp³-hybridized carbons (Fsp3) is 0.667. The normalized spacial score (nSPS) is 19.1. The number of carbonyl (C=O) groups excluding carboxylic acids is 1. The Balaban J connectivity index is 0.00000162. The molecular formula is C12H20IN3O2. The molecule has 18 heavy (non-hydrogen) atoms. The Morgan fingerprint density at radius 1 is 1.61 bits per heavy atom. The van der Waals surface area contributed by atoms with E-state index in [1.165, 1.54) is 0 Å². The standard InChI is InChI=1S/C12H20N3O2.HI/c1-13-5-6-15(10-13)12(16)14(2)8-11-4-3-7-17-9-11;/h5-6,10-11H,3-4,7-9H2,1-2H3;1H/q+1;/p-1. The Morgan fingerprint density at radius 3 is 2.94 bits per heavy atom. The summed E-state index contributed by atoms with van der Waals surface area (Å²) in [6.45, 7) is 2.40. The van der Waals surface area contributed by atoms with Crippen LogP contribution in [0, 0.1) is 5.92 Å². The summed E-state index contributed by atoms with van der Waals surface area (Å²) in [5.74, 6) is 0.474. The zero-order valence-corrected chi connectivity index (χ0v) is 13.0. The molecule has 0 aromatic carbocycles. The van der Waals surface area contributed by atoms with Gasteiger partial charge in [-0.3, -0.25) is 0 Å². The first-order valence-corrected chi connectivity index (χ1v) is 6.03. The van der Waals surface area contributed by atoms with Crippen LogP contribution in [0.25, 0.3) is 0 Å². The van der Waals surface area contributed by atoms with Crippen molar-refractivity contribution in [3.63, 3.8) is 0 Å². The van der Waals surface area contributed by atoms with Gasteiger partial charge in [0.1, 0.15) is 12.4 Å². The Bertz CT molecular complexity index is 388. The maximum atomic E-state index is 12.1. The van der Waals surface area contributed by atoms with Crippen molar-refractivity contribution in [2.45, 2.75) is 12.8 Å². The van der Waals surface area contributed by atoms with Crippen molar-refractivity contribution in [1.29, 1.82) is 0 Å². The van der Waals surface area contributed by atoms with Gasteiger partial charge < -0.3 is 33.6 Å². The summed E-state index contributed by atoms with van der Waals surface area (Å²) in [4.78, 5) is 13.8. The third-order valence-corrected chi connectivity index (χ3v) is 3.10. The van der Waals surface area contributed by atoms with Gasteiger partial charge in [-0.05, 0) is 12.8 Å². The van der Waals surface area contributed by atoms with Crippen LogP contribution in [0.5, 0.6) is 0 Å². The van der Waals surface area contributed by atoms with Gasteiger partial charge in [-0.1, -0.05) is 0 Å². The molecule has 1 aromatic heterocycles. The van der Waals surface area contributed by atoms with Crippen LogP contribution in [0.1, 0.15) is 12.8 Å². The smallest absolute Gasteiger partial charge is 0.415 e. The third kappa shape index (κ3) is 3.94. The molecule has 1 unspecified atom stereocenters. The molecule has 0 bridgehead atoms. The lowest BCUT2D eigenvalue weighted by Gasteiger charge is -2.25. The second-order valence-electron chi connectivity index (χ2n) is 4.73. The van der Waals surface area contributed by atoms with Crippen molar-refractivity contribution in [3.05, 3.63) is 18.7 Å². The first-order valence-electron chi connectivity index (χ1n) is 6.03. The maximum Gasteiger partial charge on any atom is 0.415 e. The minimum Gasteiger partial charge on any atom is -1.00 e.